The second-order valence-electron chi connectivity index (χ2n) is 2.47. The Kier molecular flexibility index (Phi) is 5.82. The van der Waals surface area contributed by atoms with Gasteiger partial charge in [0.2, 0.25) is 11.8 Å². The van der Waals surface area contributed by atoms with Crippen molar-refractivity contribution in [2.75, 3.05) is 20.2 Å². The molecule has 1 unspecified atom stereocenters. The Morgan fingerprint density at radius 3 is 2.54 bits per heavy atom. The molecule has 0 rings (SSSR count). The van der Waals surface area contributed by atoms with Crippen molar-refractivity contribution in [2.24, 2.45) is 11.5 Å². The molecule has 5 N–H and O–H groups in total. The van der Waals surface area contributed by atoms with Crippen LogP contribution in [0.5, 0.6) is 0 Å². The van der Waals surface area contributed by atoms with Gasteiger partial charge in [-0.1, -0.05) is 0 Å². The van der Waals surface area contributed by atoms with Crippen LogP contribution in [0, 0.1) is 0 Å². The molecule has 0 aromatic heterocycles. The van der Waals surface area contributed by atoms with Crippen molar-refractivity contribution < 1.29 is 14.3 Å². The first-order valence-electron chi connectivity index (χ1n) is 3.90. The molecule has 13 heavy (non-hydrogen) atoms. The van der Waals surface area contributed by atoms with Crippen molar-refractivity contribution in [3.05, 3.63) is 0 Å². The number of hydrogen-bond donors (Lipinski definition) is 3. The number of carbonyl (C=O) groups is 2. The van der Waals surface area contributed by atoms with Gasteiger partial charge in [-0.3, -0.25) is 9.59 Å². The number of nitrogens with two attached hydrogens (primary N) is 2. The first-order valence-corrected chi connectivity index (χ1v) is 3.90. The van der Waals surface area contributed by atoms with Crippen LogP contribution in [0.4, 0.5) is 0 Å². The minimum Gasteiger partial charge on any atom is -0.370 e. The van der Waals surface area contributed by atoms with Gasteiger partial charge < -0.3 is 21.5 Å². The molecule has 0 aliphatic carbocycles. The summed E-state index contributed by atoms with van der Waals surface area (Å²) in [4.78, 5) is 21.4. The van der Waals surface area contributed by atoms with Gasteiger partial charge in [-0.25, -0.2) is 0 Å². The standard InChI is InChI=1S/C7H15N3O3/c1-13-5(4-8)7(12)10-3-2-6(9)11/h5H,2-4,8H2,1H3,(H2,9,11)(H,10,12). The van der Waals surface area contributed by atoms with E-state index in [9.17, 15) is 9.59 Å². The summed E-state index contributed by atoms with van der Waals surface area (Å²) < 4.78 is 4.77. The van der Waals surface area contributed by atoms with Crippen LogP contribution in [0.25, 0.3) is 0 Å². The summed E-state index contributed by atoms with van der Waals surface area (Å²) >= 11 is 0. The topological polar surface area (TPSA) is 107 Å². The Labute approximate surface area is 76.6 Å². The summed E-state index contributed by atoms with van der Waals surface area (Å²) in [6.07, 6.45) is -0.542. The number of ether oxygens (including phenoxy) is 1. The molecular weight excluding hydrogens is 174 g/mol. The third-order valence-corrected chi connectivity index (χ3v) is 1.46. The van der Waals surface area contributed by atoms with Crippen LogP contribution >= 0.6 is 0 Å². The molecule has 0 aliphatic heterocycles. The molecule has 0 aliphatic rings. The number of amides is 2. The molecule has 0 aromatic rings. The lowest BCUT2D eigenvalue weighted by Crippen LogP contribution is -2.41. The van der Waals surface area contributed by atoms with Crippen LogP contribution in [-0.4, -0.2) is 38.1 Å². The minimum atomic E-state index is -0.659. The predicted octanol–water partition coefficient (Wildman–Crippen LogP) is -2.05. The Hall–Kier alpha value is -1.14. The molecule has 1 atom stereocenters. The van der Waals surface area contributed by atoms with Gasteiger partial charge in [0.25, 0.3) is 0 Å². The van der Waals surface area contributed by atoms with Gasteiger partial charge >= 0.3 is 0 Å². The van der Waals surface area contributed by atoms with Crippen molar-refractivity contribution in [1.29, 1.82) is 0 Å². The summed E-state index contributed by atoms with van der Waals surface area (Å²) in [5, 5.41) is 2.47. The van der Waals surface area contributed by atoms with E-state index in [0.29, 0.717) is 0 Å². The predicted molar refractivity (Wildman–Crippen MR) is 46.7 cm³/mol. The fourth-order valence-corrected chi connectivity index (χ4v) is 0.733. The number of carbonyl (C=O) groups excluding carboxylic acids is 2. The van der Waals surface area contributed by atoms with Crippen LogP contribution in [0.3, 0.4) is 0 Å². The third-order valence-electron chi connectivity index (χ3n) is 1.46. The Balaban J connectivity index is 3.66. The van der Waals surface area contributed by atoms with Crippen LogP contribution in [-0.2, 0) is 14.3 Å². The lowest BCUT2D eigenvalue weighted by molar-refractivity contribution is -0.130. The average Bonchev–Trinajstić information content (AvgIpc) is 2.05. The van der Waals surface area contributed by atoms with E-state index in [1.54, 1.807) is 0 Å². The molecule has 0 bridgehead atoms. The third kappa shape index (κ3) is 5.15. The Bertz CT molecular complexity index is 180. The van der Waals surface area contributed by atoms with Gasteiger partial charge in [0.1, 0.15) is 6.10 Å². The summed E-state index contributed by atoms with van der Waals surface area (Å²) in [6.45, 7) is 0.326. The molecule has 0 saturated heterocycles. The van der Waals surface area contributed by atoms with E-state index in [1.165, 1.54) is 7.11 Å². The van der Waals surface area contributed by atoms with Gasteiger partial charge in [0.15, 0.2) is 0 Å². The maximum Gasteiger partial charge on any atom is 0.250 e. The molecule has 0 saturated carbocycles. The minimum absolute atomic E-state index is 0.110. The van der Waals surface area contributed by atoms with Crippen LogP contribution < -0.4 is 16.8 Å². The quantitative estimate of drug-likeness (QED) is 0.447. The van der Waals surface area contributed by atoms with Gasteiger partial charge in [0.05, 0.1) is 0 Å². The molecule has 6 heteroatoms. The lowest BCUT2D eigenvalue weighted by Gasteiger charge is -2.12. The zero-order valence-electron chi connectivity index (χ0n) is 7.58. The van der Waals surface area contributed by atoms with E-state index in [4.69, 9.17) is 16.2 Å². The molecule has 0 fully saturated rings. The van der Waals surface area contributed by atoms with Crippen molar-refractivity contribution in [1.82, 2.24) is 5.32 Å². The number of rotatable bonds is 6. The molecule has 0 heterocycles. The Morgan fingerprint density at radius 2 is 2.15 bits per heavy atom. The molecule has 2 amide bonds. The van der Waals surface area contributed by atoms with E-state index in [0.717, 1.165) is 0 Å². The van der Waals surface area contributed by atoms with Crippen LogP contribution in [0.1, 0.15) is 6.42 Å². The SMILES string of the molecule is COC(CN)C(=O)NCCC(N)=O. The van der Waals surface area contributed by atoms with E-state index >= 15 is 0 Å². The maximum absolute atomic E-state index is 11.1. The zero-order valence-corrected chi connectivity index (χ0v) is 7.58. The summed E-state index contributed by atoms with van der Waals surface area (Å²) in [5.74, 6) is -0.784. The monoisotopic (exact) mass is 189 g/mol. The van der Waals surface area contributed by atoms with E-state index < -0.39 is 12.0 Å². The summed E-state index contributed by atoms with van der Waals surface area (Å²) in [6, 6.07) is 0. The van der Waals surface area contributed by atoms with Gasteiger partial charge in [-0.15, -0.1) is 0 Å². The number of methoxy groups -OCH3 is 1. The first kappa shape index (κ1) is 11.9. The molecule has 6 nitrogen and oxygen atoms in total. The molecule has 76 valence electrons. The molecule has 0 spiro atoms. The molecule has 0 aromatic carbocycles. The zero-order chi connectivity index (χ0) is 10.3. The van der Waals surface area contributed by atoms with Gasteiger partial charge in [-0.2, -0.15) is 0 Å². The largest absolute Gasteiger partial charge is 0.370 e. The highest BCUT2D eigenvalue weighted by Crippen LogP contribution is 1.86. The molecule has 0 radical (unpaired) electrons. The van der Waals surface area contributed by atoms with Crippen molar-refractivity contribution in [3.8, 4) is 0 Å². The number of hydrogen-bond acceptors (Lipinski definition) is 4. The second-order valence-corrected chi connectivity index (χ2v) is 2.47. The van der Waals surface area contributed by atoms with Crippen molar-refractivity contribution >= 4 is 11.8 Å². The van der Waals surface area contributed by atoms with Crippen molar-refractivity contribution in [2.45, 2.75) is 12.5 Å². The fraction of sp³-hybridized carbons (Fsp3) is 0.714. The highest BCUT2D eigenvalue weighted by molar-refractivity contribution is 5.81. The summed E-state index contributed by atoms with van der Waals surface area (Å²) in [5.41, 5.74) is 10.1. The van der Waals surface area contributed by atoms with E-state index in [2.05, 4.69) is 5.32 Å². The van der Waals surface area contributed by atoms with Crippen LogP contribution in [0.2, 0.25) is 0 Å². The second kappa shape index (κ2) is 6.38. The van der Waals surface area contributed by atoms with Crippen molar-refractivity contribution in [3.63, 3.8) is 0 Å². The number of primary amides is 1. The van der Waals surface area contributed by atoms with Gasteiger partial charge in [-0.05, 0) is 0 Å². The maximum atomic E-state index is 11.1. The van der Waals surface area contributed by atoms with E-state index in [1.807, 2.05) is 0 Å². The first-order chi connectivity index (χ1) is 6.11. The summed E-state index contributed by atoms with van der Waals surface area (Å²) in [7, 11) is 1.39. The average molecular weight is 189 g/mol. The number of nitrogens with one attached hydrogen (secondary N) is 1. The highest BCUT2D eigenvalue weighted by atomic mass is 16.5. The van der Waals surface area contributed by atoms with Crippen LogP contribution in [0.15, 0.2) is 0 Å². The highest BCUT2D eigenvalue weighted by Gasteiger charge is 2.14. The lowest BCUT2D eigenvalue weighted by atomic mass is 10.3. The van der Waals surface area contributed by atoms with E-state index in [-0.39, 0.29) is 25.4 Å². The smallest absolute Gasteiger partial charge is 0.250 e. The Morgan fingerprint density at radius 1 is 1.54 bits per heavy atom. The van der Waals surface area contributed by atoms with Gasteiger partial charge in [0, 0.05) is 26.6 Å². The normalized spacial score (nSPS) is 12.2. The molecular formula is C7H15N3O3. The fourth-order valence-electron chi connectivity index (χ4n) is 0.733.